The Morgan fingerprint density at radius 3 is 2.71 bits per heavy atom. The zero-order chi connectivity index (χ0) is 15.7. The molecule has 0 fully saturated rings. The van der Waals surface area contributed by atoms with Crippen LogP contribution in [0.5, 0.6) is 0 Å². The van der Waals surface area contributed by atoms with Crippen molar-refractivity contribution in [2.75, 3.05) is 13.7 Å². The summed E-state index contributed by atoms with van der Waals surface area (Å²) in [6.07, 6.45) is 12.0. The normalized spacial score (nSPS) is 37.3. The van der Waals surface area contributed by atoms with Crippen molar-refractivity contribution in [3.05, 3.63) is 23.8 Å². The van der Waals surface area contributed by atoms with E-state index in [0.717, 1.165) is 25.7 Å². The van der Waals surface area contributed by atoms with E-state index in [4.69, 9.17) is 4.74 Å². The summed E-state index contributed by atoms with van der Waals surface area (Å²) >= 11 is 0. The zero-order valence-corrected chi connectivity index (χ0v) is 13.8. The van der Waals surface area contributed by atoms with E-state index in [0.29, 0.717) is 5.92 Å². The van der Waals surface area contributed by atoms with E-state index >= 15 is 0 Å². The maximum Gasteiger partial charge on any atom is 0.102 e. The number of aliphatic hydroxyl groups excluding tert-OH is 2. The quantitative estimate of drug-likeness (QED) is 0.767. The Hall–Kier alpha value is -0.640. The summed E-state index contributed by atoms with van der Waals surface area (Å²) in [7, 11) is 1.65. The van der Waals surface area contributed by atoms with Crippen molar-refractivity contribution in [3.8, 4) is 0 Å². The molecule has 0 aliphatic heterocycles. The zero-order valence-electron chi connectivity index (χ0n) is 13.8. The van der Waals surface area contributed by atoms with Crippen LogP contribution in [0.2, 0.25) is 0 Å². The molecular formula is C18H32O3. The Morgan fingerprint density at radius 2 is 2.05 bits per heavy atom. The van der Waals surface area contributed by atoms with Crippen LogP contribution >= 0.6 is 0 Å². The second kappa shape index (κ2) is 10.1. The van der Waals surface area contributed by atoms with Crippen LogP contribution in [0.15, 0.2) is 23.8 Å². The molecule has 1 unspecified atom stereocenters. The second-order valence-electron chi connectivity index (χ2n) is 6.38. The van der Waals surface area contributed by atoms with Crippen molar-refractivity contribution in [1.82, 2.24) is 0 Å². The number of hydrogen-bond acceptors (Lipinski definition) is 3. The lowest BCUT2D eigenvalue weighted by atomic mass is 9.90. The van der Waals surface area contributed by atoms with Crippen LogP contribution < -0.4 is 0 Å². The van der Waals surface area contributed by atoms with Gasteiger partial charge in [-0.3, -0.25) is 0 Å². The van der Waals surface area contributed by atoms with Crippen molar-refractivity contribution in [3.63, 3.8) is 0 Å². The maximum absolute atomic E-state index is 10.4. The fraction of sp³-hybridized carbons (Fsp3) is 0.778. The van der Waals surface area contributed by atoms with Gasteiger partial charge in [-0.05, 0) is 38.5 Å². The Labute approximate surface area is 129 Å². The third kappa shape index (κ3) is 6.77. The Bertz CT molecular complexity index is 335. The first-order valence-corrected chi connectivity index (χ1v) is 8.24. The van der Waals surface area contributed by atoms with Crippen molar-refractivity contribution >= 4 is 0 Å². The van der Waals surface area contributed by atoms with Gasteiger partial charge in [-0.15, -0.1) is 0 Å². The number of ether oxygens (including phenoxy) is 1. The highest BCUT2D eigenvalue weighted by Gasteiger charge is 2.21. The van der Waals surface area contributed by atoms with Gasteiger partial charge in [-0.1, -0.05) is 43.6 Å². The summed E-state index contributed by atoms with van der Waals surface area (Å²) in [5.74, 6) is 0.393. The summed E-state index contributed by atoms with van der Waals surface area (Å²) in [6.45, 7) is 4.37. The molecule has 0 radical (unpaired) electrons. The fourth-order valence-electron chi connectivity index (χ4n) is 3.06. The smallest absolute Gasteiger partial charge is 0.102 e. The predicted octanol–water partition coefficient (Wildman–Crippen LogP) is 3.46. The van der Waals surface area contributed by atoms with Gasteiger partial charge in [0.2, 0.25) is 0 Å². The van der Waals surface area contributed by atoms with Gasteiger partial charge in [-0.2, -0.15) is 0 Å². The maximum atomic E-state index is 10.4. The van der Waals surface area contributed by atoms with Gasteiger partial charge in [0.1, 0.15) is 6.10 Å². The highest BCUT2D eigenvalue weighted by molar-refractivity contribution is 5.06. The highest BCUT2D eigenvalue weighted by atomic mass is 16.5. The van der Waals surface area contributed by atoms with Crippen LogP contribution in [0.4, 0.5) is 0 Å². The van der Waals surface area contributed by atoms with Crippen LogP contribution in [-0.2, 0) is 4.74 Å². The number of aliphatic hydroxyl groups is 2. The van der Waals surface area contributed by atoms with Crippen LogP contribution in [0.3, 0.4) is 0 Å². The van der Waals surface area contributed by atoms with Gasteiger partial charge in [-0.25, -0.2) is 0 Å². The largest absolute Gasteiger partial charge is 0.396 e. The first-order valence-electron chi connectivity index (χ1n) is 8.24. The SMILES string of the molecule is CO[C@H]1/C=C/CCCCCC(CO)C/C(C)=C\[C@@H](C)[C@@H]1O. The molecule has 0 aromatic carbocycles. The van der Waals surface area contributed by atoms with Crippen LogP contribution in [-0.4, -0.2) is 36.1 Å². The molecule has 0 saturated carbocycles. The standard InChI is InChI=1S/C18H32O3/c1-14-11-15(2)18(20)17(21-3)10-8-6-4-5-7-9-16(12-14)13-19/h8,10-11,15-20H,4-7,9,12-13H2,1-3H3/b10-8+,14-11-/t15-,16?,17+,18+/m1/s1. The highest BCUT2D eigenvalue weighted by Crippen LogP contribution is 2.22. The van der Waals surface area contributed by atoms with Gasteiger partial charge in [0, 0.05) is 19.6 Å². The predicted molar refractivity (Wildman–Crippen MR) is 87.1 cm³/mol. The Kier molecular flexibility index (Phi) is 8.90. The van der Waals surface area contributed by atoms with E-state index < -0.39 is 6.10 Å². The van der Waals surface area contributed by atoms with E-state index in [1.807, 2.05) is 13.0 Å². The number of methoxy groups -OCH3 is 1. The minimum atomic E-state index is -0.531. The Balaban J connectivity index is 2.81. The number of rotatable bonds is 2. The van der Waals surface area contributed by atoms with Crippen molar-refractivity contribution in [2.45, 2.75) is 64.6 Å². The minimum Gasteiger partial charge on any atom is -0.396 e. The Morgan fingerprint density at radius 1 is 1.29 bits per heavy atom. The van der Waals surface area contributed by atoms with Crippen LogP contribution in [0.25, 0.3) is 0 Å². The molecule has 0 spiro atoms. The molecule has 1 aliphatic carbocycles. The molecule has 0 amide bonds. The van der Waals surface area contributed by atoms with E-state index in [1.54, 1.807) is 7.11 Å². The summed E-state index contributed by atoms with van der Waals surface area (Å²) < 4.78 is 5.41. The lowest BCUT2D eigenvalue weighted by Crippen LogP contribution is -2.31. The van der Waals surface area contributed by atoms with E-state index in [1.165, 1.54) is 18.4 Å². The van der Waals surface area contributed by atoms with E-state index in [2.05, 4.69) is 19.1 Å². The molecule has 0 saturated heterocycles. The van der Waals surface area contributed by atoms with Crippen molar-refractivity contribution in [2.24, 2.45) is 11.8 Å². The fourth-order valence-corrected chi connectivity index (χ4v) is 3.06. The monoisotopic (exact) mass is 296 g/mol. The van der Waals surface area contributed by atoms with Crippen LogP contribution in [0.1, 0.15) is 52.4 Å². The first kappa shape index (κ1) is 18.4. The van der Waals surface area contributed by atoms with Gasteiger partial charge < -0.3 is 14.9 Å². The molecule has 0 heterocycles. The summed E-state index contributed by atoms with van der Waals surface area (Å²) in [4.78, 5) is 0. The molecule has 0 bridgehead atoms. The lowest BCUT2D eigenvalue weighted by Gasteiger charge is -2.24. The summed E-state index contributed by atoms with van der Waals surface area (Å²) in [6, 6.07) is 0. The first-order chi connectivity index (χ1) is 10.1. The molecule has 122 valence electrons. The van der Waals surface area contributed by atoms with Crippen molar-refractivity contribution < 1.29 is 14.9 Å². The molecular weight excluding hydrogens is 264 g/mol. The molecule has 0 aromatic heterocycles. The molecule has 0 aromatic rings. The molecule has 3 nitrogen and oxygen atoms in total. The van der Waals surface area contributed by atoms with E-state index in [9.17, 15) is 10.2 Å². The van der Waals surface area contributed by atoms with Crippen molar-refractivity contribution in [1.29, 1.82) is 0 Å². The third-order valence-electron chi connectivity index (χ3n) is 4.37. The summed E-state index contributed by atoms with van der Waals surface area (Å²) in [5.41, 5.74) is 1.25. The summed E-state index contributed by atoms with van der Waals surface area (Å²) in [5, 5.41) is 19.9. The second-order valence-corrected chi connectivity index (χ2v) is 6.38. The number of allylic oxidation sites excluding steroid dienone is 2. The van der Waals surface area contributed by atoms with Crippen LogP contribution in [0, 0.1) is 11.8 Å². The van der Waals surface area contributed by atoms with E-state index in [-0.39, 0.29) is 18.6 Å². The molecule has 3 heteroatoms. The lowest BCUT2D eigenvalue weighted by molar-refractivity contribution is -0.00191. The average Bonchev–Trinajstić information content (AvgIpc) is 2.47. The third-order valence-corrected chi connectivity index (χ3v) is 4.37. The molecule has 1 rings (SSSR count). The average molecular weight is 296 g/mol. The molecule has 21 heavy (non-hydrogen) atoms. The van der Waals surface area contributed by atoms with Gasteiger partial charge in [0.15, 0.2) is 0 Å². The van der Waals surface area contributed by atoms with Gasteiger partial charge in [0.05, 0.1) is 6.10 Å². The molecule has 2 N–H and O–H groups in total. The number of hydrogen-bond donors (Lipinski definition) is 2. The van der Waals surface area contributed by atoms with Gasteiger partial charge in [0.25, 0.3) is 0 Å². The van der Waals surface area contributed by atoms with Gasteiger partial charge >= 0.3 is 0 Å². The molecule has 4 atom stereocenters. The minimum absolute atomic E-state index is 0.0434. The topological polar surface area (TPSA) is 49.7 Å². The molecule has 1 aliphatic rings.